The first-order valence-corrected chi connectivity index (χ1v) is 8.19. The summed E-state index contributed by atoms with van der Waals surface area (Å²) in [6, 6.07) is 11.6. The number of aryl methyl sites for hydroxylation is 1. The third-order valence-electron chi connectivity index (χ3n) is 4.51. The molecule has 1 aromatic carbocycles. The number of nitrogens with one attached hydrogen (secondary N) is 2. The molecule has 2 aromatic heterocycles. The van der Waals surface area contributed by atoms with Crippen LogP contribution in [0.1, 0.15) is 40.6 Å². The van der Waals surface area contributed by atoms with Crippen LogP contribution in [0, 0.1) is 16.7 Å². The molecule has 0 spiro atoms. The molecule has 3 aromatic rings. The molecule has 4 N–H and O–H groups in total. The fourth-order valence-corrected chi connectivity index (χ4v) is 3.22. The van der Waals surface area contributed by atoms with Crippen LogP contribution in [0.2, 0.25) is 0 Å². The Morgan fingerprint density at radius 1 is 1.35 bits per heavy atom. The van der Waals surface area contributed by atoms with Crippen molar-refractivity contribution >= 4 is 17.2 Å². The number of nitrogens with two attached hydrogens (primary N) is 1. The highest BCUT2D eigenvalue weighted by Crippen LogP contribution is 2.34. The van der Waals surface area contributed by atoms with Crippen molar-refractivity contribution in [3.8, 4) is 6.07 Å². The highest BCUT2D eigenvalue weighted by Gasteiger charge is 2.23. The second-order valence-electron chi connectivity index (χ2n) is 6.14. The maximum atomic E-state index is 9.04. The summed E-state index contributed by atoms with van der Waals surface area (Å²) in [5.74, 6) is 0.956. The van der Waals surface area contributed by atoms with Crippen molar-refractivity contribution in [2.75, 3.05) is 11.1 Å². The van der Waals surface area contributed by atoms with Crippen molar-refractivity contribution < 1.29 is 4.42 Å². The Morgan fingerprint density at radius 2 is 2.23 bits per heavy atom. The molecular weight excluding hydrogens is 328 g/mol. The number of anilines is 2. The molecule has 4 rings (SSSR count). The van der Waals surface area contributed by atoms with E-state index in [1.807, 2.05) is 18.2 Å². The van der Waals surface area contributed by atoms with Gasteiger partial charge in [0.15, 0.2) is 12.2 Å². The lowest BCUT2D eigenvalue weighted by molar-refractivity contribution is 0.548. The van der Waals surface area contributed by atoms with Gasteiger partial charge >= 0.3 is 0 Å². The van der Waals surface area contributed by atoms with Gasteiger partial charge in [-0.1, -0.05) is 6.07 Å². The minimum Gasteiger partial charge on any atom is -0.442 e. The van der Waals surface area contributed by atoms with Gasteiger partial charge in [-0.3, -0.25) is 5.41 Å². The first kappa shape index (κ1) is 15.8. The zero-order valence-electron chi connectivity index (χ0n) is 13.9. The van der Waals surface area contributed by atoms with Crippen LogP contribution in [0.4, 0.5) is 11.5 Å². The lowest BCUT2D eigenvalue weighted by Gasteiger charge is -2.16. The molecule has 1 atom stereocenters. The van der Waals surface area contributed by atoms with Crippen LogP contribution in [0.5, 0.6) is 0 Å². The van der Waals surface area contributed by atoms with E-state index in [1.54, 1.807) is 12.1 Å². The molecule has 1 aliphatic rings. The van der Waals surface area contributed by atoms with Crippen LogP contribution in [-0.2, 0) is 6.42 Å². The minimum atomic E-state index is 0.0918. The van der Waals surface area contributed by atoms with Crippen molar-refractivity contribution in [1.82, 2.24) is 9.97 Å². The maximum Gasteiger partial charge on any atom is 0.181 e. The van der Waals surface area contributed by atoms with Gasteiger partial charge in [0.1, 0.15) is 17.2 Å². The molecule has 2 heterocycles. The molecule has 0 fully saturated rings. The van der Waals surface area contributed by atoms with E-state index in [9.17, 15) is 0 Å². The van der Waals surface area contributed by atoms with Crippen LogP contribution in [0.25, 0.3) is 0 Å². The van der Waals surface area contributed by atoms with E-state index in [2.05, 4.69) is 21.4 Å². The number of aromatic nitrogens is 2. The Balaban J connectivity index is 1.60. The van der Waals surface area contributed by atoms with E-state index < -0.39 is 0 Å². The summed E-state index contributed by atoms with van der Waals surface area (Å²) in [5, 5.41) is 20.7. The average Bonchev–Trinajstić information content (AvgIpc) is 3.32. The summed E-state index contributed by atoms with van der Waals surface area (Å²) >= 11 is 0. The summed E-state index contributed by atoms with van der Waals surface area (Å²) in [6.45, 7) is 0. The number of fused-ring (bicyclic) bond motifs is 1. The summed E-state index contributed by atoms with van der Waals surface area (Å²) in [4.78, 5) is 8.33. The molecule has 0 unspecified atom stereocenters. The quantitative estimate of drug-likeness (QED) is 0.625. The van der Waals surface area contributed by atoms with E-state index in [-0.39, 0.29) is 11.8 Å². The Kier molecular flexibility index (Phi) is 3.86. The summed E-state index contributed by atoms with van der Waals surface area (Å²) < 4.78 is 5.17. The number of hydrogen-bond acceptors (Lipinski definition) is 7. The van der Waals surface area contributed by atoms with Crippen LogP contribution >= 0.6 is 0 Å². The maximum absolute atomic E-state index is 9.04. The van der Waals surface area contributed by atoms with E-state index in [1.165, 1.54) is 23.7 Å². The molecular formula is C19H16N6O. The largest absolute Gasteiger partial charge is 0.442 e. The van der Waals surface area contributed by atoms with Gasteiger partial charge in [0.05, 0.1) is 29.6 Å². The molecule has 0 bridgehead atoms. The number of rotatable bonds is 4. The zero-order valence-corrected chi connectivity index (χ0v) is 13.9. The monoisotopic (exact) mass is 344 g/mol. The topological polar surface area (TPSA) is 125 Å². The number of nitrogens with zero attached hydrogens (tertiary/aromatic N) is 3. The van der Waals surface area contributed by atoms with Gasteiger partial charge in [0.2, 0.25) is 0 Å². The fraction of sp³-hybridized carbons (Fsp3) is 0.158. The van der Waals surface area contributed by atoms with Crippen molar-refractivity contribution in [1.29, 1.82) is 10.7 Å². The normalized spacial score (nSPS) is 15.3. The second-order valence-corrected chi connectivity index (χ2v) is 6.14. The Labute approximate surface area is 150 Å². The lowest BCUT2D eigenvalue weighted by atomic mass is 10.1. The van der Waals surface area contributed by atoms with Crippen molar-refractivity contribution in [3.63, 3.8) is 0 Å². The van der Waals surface area contributed by atoms with E-state index in [4.69, 9.17) is 20.8 Å². The second kappa shape index (κ2) is 6.33. The molecule has 0 radical (unpaired) electrons. The molecule has 128 valence electrons. The summed E-state index contributed by atoms with van der Waals surface area (Å²) in [6.07, 6.45) is 4.57. The molecule has 0 amide bonds. The van der Waals surface area contributed by atoms with Crippen LogP contribution in [-0.4, -0.2) is 15.7 Å². The Morgan fingerprint density at radius 3 is 3.00 bits per heavy atom. The average molecular weight is 344 g/mol. The van der Waals surface area contributed by atoms with Crippen LogP contribution < -0.4 is 11.1 Å². The Hall–Kier alpha value is -3.66. The van der Waals surface area contributed by atoms with Gasteiger partial charge in [0.25, 0.3) is 0 Å². The minimum absolute atomic E-state index is 0.0918. The van der Waals surface area contributed by atoms with Gasteiger partial charge in [-0.25, -0.2) is 9.97 Å². The number of nitriles is 1. The SMILES string of the molecule is N#Cc1ccc2c(c1)CC[C@H]2Nc1ccc(N)c(C(=N)c2cnco2)n1. The van der Waals surface area contributed by atoms with E-state index >= 15 is 0 Å². The molecule has 7 heteroatoms. The third kappa shape index (κ3) is 2.78. The predicted octanol–water partition coefficient (Wildman–Crippen LogP) is 3.04. The van der Waals surface area contributed by atoms with Gasteiger partial charge < -0.3 is 15.5 Å². The first-order valence-electron chi connectivity index (χ1n) is 8.19. The standard InChI is InChI=1S/C19H16N6O/c20-8-11-1-3-13-12(7-11)2-5-15(13)24-17-6-4-14(21)19(25-17)18(22)16-9-23-10-26-16/h1,3-4,6-7,9-10,15,22H,2,5,21H2,(H,24,25)/t15-/m1/s1. The first-order chi connectivity index (χ1) is 12.7. The van der Waals surface area contributed by atoms with Gasteiger partial charge in [0, 0.05) is 0 Å². The van der Waals surface area contributed by atoms with E-state index in [0.717, 1.165) is 12.8 Å². The molecule has 0 saturated heterocycles. The number of nitrogen functional groups attached to an aromatic ring is 1. The number of benzene rings is 1. The highest BCUT2D eigenvalue weighted by atomic mass is 16.3. The zero-order chi connectivity index (χ0) is 18.1. The van der Waals surface area contributed by atoms with Gasteiger partial charge in [-0.05, 0) is 48.2 Å². The smallest absolute Gasteiger partial charge is 0.181 e. The number of oxazole rings is 1. The van der Waals surface area contributed by atoms with Crippen molar-refractivity contribution in [2.45, 2.75) is 18.9 Å². The van der Waals surface area contributed by atoms with Crippen molar-refractivity contribution in [2.24, 2.45) is 0 Å². The molecule has 1 aliphatic carbocycles. The number of pyridine rings is 1. The van der Waals surface area contributed by atoms with Crippen molar-refractivity contribution in [3.05, 3.63) is 71.1 Å². The predicted molar refractivity (Wildman–Crippen MR) is 96.9 cm³/mol. The van der Waals surface area contributed by atoms with E-state index in [0.29, 0.717) is 28.5 Å². The molecule has 0 aliphatic heterocycles. The molecule has 7 nitrogen and oxygen atoms in total. The summed E-state index contributed by atoms with van der Waals surface area (Å²) in [7, 11) is 0. The molecule has 0 saturated carbocycles. The van der Waals surface area contributed by atoms with Crippen LogP contribution in [0.15, 0.2) is 47.3 Å². The van der Waals surface area contributed by atoms with Gasteiger partial charge in [-0.15, -0.1) is 0 Å². The lowest BCUT2D eigenvalue weighted by Crippen LogP contribution is -2.13. The summed E-state index contributed by atoms with van der Waals surface area (Å²) in [5.41, 5.74) is 9.88. The molecule has 26 heavy (non-hydrogen) atoms. The fourth-order valence-electron chi connectivity index (χ4n) is 3.22. The Bertz CT molecular complexity index is 1020. The highest BCUT2D eigenvalue weighted by molar-refractivity contribution is 6.10. The third-order valence-corrected chi connectivity index (χ3v) is 4.51. The van der Waals surface area contributed by atoms with Gasteiger partial charge in [-0.2, -0.15) is 5.26 Å². The van der Waals surface area contributed by atoms with Crippen LogP contribution in [0.3, 0.4) is 0 Å². The number of hydrogen-bond donors (Lipinski definition) is 3.